The molecule has 8 nitrogen and oxygen atoms in total. The van der Waals surface area contributed by atoms with Gasteiger partial charge in [0.2, 0.25) is 5.91 Å². The van der Waals surface area contributed by atoms with Gasteiger partial charge in [0.15, 0.2) is 0 Å². The topological polar surface area (TPSA) is 100 Å². The van der Waals surface area contributed by atoms with Crippen molar-refractivity contribution in [3.05, 3.63) is 41.3 Å². The average Bonchev–Trinajstić information content (AvgIpc) is 3.67. The summed E-state index contributed by atoms with van der Waals surface area (Å²) in [6.07, 6.45) is -0.0658. The molecule has 1 saturated heterocycles. The Labute approximate surface area is 218 Å². The highest BCUT2D eigenvalue weighted by molar-refractivity contribution is 6.09. The predicted molar refractivity (Wildman–Crippen MR) is 135 cm³/mol. The lowest BCUT2D eigenvalue weighted by Gasteiger charge is -2.35. The largest absolute Gasteiger partial charge is 0.493 e. The van der Waals surface area contributed by atoms with Gasteiger partial charge in [-0.05, 0) is 50.3 Å². The minimum atomic E-state index is -2.68. The van der Waals surface area contributed by atoms with Crippen LogP contribution in [0.2, 0.25) is 0 Å². The van der Waals surface area contributed by atoms with E-state index in [9.17, 15) is 22.8 Å². The number of H-pyrrole nitrogens is 1. The van der Waals surface area contributed by atoms with Crippen LogP contribution in [0.25, 0.3) is 22.3 Å². The summed E-state index contributed by atoms with van der Waals surface area (Å²) < 4.78 is 47.9. The molecule has 0 radical (unpaired) electrons. The summed E-state index contributed by atoms with van der Waals surface area (Å²) in [5, 5.41) is 2.76. The van der Waals surface area contributed by atoms with E-state index >= 15 is 0 Å². The van der Waals surface area contributed by atoms with Crippen LogP contribution in [-0.4, -0.2) is 63.6 Å². The summed E-state index contributed by atoms with van der Waals surface area (Å²) in [5.74, 6) is 0.254. The number of aromatic amines is 1. The Hall–Kier alpha value is -3.63. The van der Waals surface area contributed by atoms with Crippen molar-refractivity contribution >= 4 is 22.8 Å². The lowest BCUT2D eigenvalue weighted by Crippen LogP contribution is -2.53. The number of aryl methyl sites for hydroxylation is 1. The molecule has 0 unspecified atom stereocenters. The van der Waals surface area contributed by atoms with Crippen molar-refractivity contribution in [2.45, 2.75) is 58.2 Å². The van der Waals surface area contributed by atoms with Crippen molar-refractivity contribution in [2.75, 3.05) is 19.7 Å². The third-order valence-corrected chi connectivity index (χ3v) is 7.19. The normalized spacial score (nSPS) is 19.7. The Morgan fingerprint density at radius 3 is 2.71 bits per heavy atom. The number of aromatic nitrogens is 3. The third-order valence-electron chi connectivity index (χ3n) is 7.19. The Bertz CT molecular complexity index is 1360. The zero-order valence-electron chi connectivity index (χ0n) is 21.3. The zero-order valence-corrected chi connectivity index (χ0v) is 21.3. The van der Waals surface area contributed by atoms with Gasteiger partial charge in [0.25, 0.3) is 12.3 Å². The zero-order chi connectivity index (χ0) is 27.0. The molecule has 2 amide bonds. The van der Waals surface area contributed by atoms with E-state index in [1.165, 1.54) is 29.4 Å². The number of fused-ring (bicyclic) bond motifs is 1. The number of carbonyl (C=O) groups is 2. The van der Waals surface area contributed by atoms with Gasteiger partial charge in [0, 0.05) is 29.8 Å². The van der Waals surface area contributed by atoms with Crippen LogP contribution >= 0.6 is 0 Å². The Balaban J connectivity index is 1.45. The highest BCUT2D eigenvalue weighted by atomic mass is 19.3. The Kier molecular flexibility index (Phi) is 7.27. The molecular formula is C27H30F3N5O3. The standard InChI is InChI=1S/C27H30F3N5O3/c1-3-21(36)35-9-8-19(18(28)11-35)34-27(37)22-14(2)33-25-23(31-13-32-24(22)25)17-10-16(26(29)30)6-7-20(17)38-12-15-4-5-15/h6-7,10,13,15,18-19,26,33H,3-5,8-9,11-12H2,1-2H3,(H,34,37)/t18-,19-/m0/s1. The number of nitrogens with one attached hydrogen (secondary N) is 2. The minimum Gasteiger partial charge on any atom is -0.493 e. The maximum absolute atomic E-state index is 14.9. The molecule has 38 heavy (non-hydrogen) atoms. The van der Waals surface area contributed by atoms with Crippen LogP contribution in [-0.2, 0) is 4.79 Å². The molecule has 2 atom stereocenters. The number of carbonyl (C=O) groups excluding carboxylic acids is 2. The number of nitrogens with zero attached hydrogens (tertiary/aromatic N) is 3. The molecule has 1 saturated carbocycles. The Morgan fingerprint density at radius 1 is 1.24 bits per heavy atom. The maximum atomic E-state index is 14.9. The van der Waals surface area contributed by atoms with Crippen molar-refractivity contribution < 1.29 is 27.5 Å². The fraction of sp³-hybridized carbons (Fsp3) is 0.481. The van der Waals surface area contributed by atoms with Crippen molar-refractivity contribution in [3.63, 3.8) is 0 Å². The first kappa shape index (κ1) is 26.0. The summed E-state index contributed by atoms with van der Waals surface area (Å²) in [6, 6.07) is 3.46. The van der Waals surface area contributed by atoms with E-state index in [2.05, 4.69) is 20.3 Å². The highest BCUT2D eigenvalue weighted by Crippen LogP contribution is 2.38. The summed E-state index contributed by atoms with van der Waals surface area (Å²) >= 11 is 0. The molecule has 11 heteroatoms. The maximum Gasteiger partial charge on any atom is 0.263 e. The number of benzene rings is 1. The first-order valence-electron chi connectivity index (χ1n) is 12.9. The number of hydrogen-bond donors (Lipinski definition) is 2. The van der Waals surface area contributed by atoms with E-state index in [1.807, 2.05) is 0 Å². The van der Waals surface area contributed by atoms with Crippen LogP contribution in [0.5, 0.6) is 5.75 Å². The highest BCUT2D eigenvalue weighted by Gasteiger charge is 2.33. The van der Waals surface area contributed by atoms with Crippen LogP contribution < -0.4 is 10.1 Å². The monoisotopic (exact) mass is 529 g/mol. The SMILES string of the molecule is CCC(=O)N1CC[C@H](NC(=O)c2c(C)[nH]c3c(-c4cc(C(F)F)ccc4OCC4CC4)ncnc23)[C@@H](F)C1. The van der Waals surface area contributed by atoms with Crippen LogP contribution in [0.15, 0.2) is 24.5 Å². The first-order valence-corrected chi connectivity index (χ1v) is 12.9. The lowest BCUT2D eigenvalue weighted by atomic mass is 10.0. The number of likely N-dealkylation sites (tertiary alicyclic amines) is 1. The van der Waals surface area contributed by atoms with Gasteiger partial charge in [-0.2, -0.15) is 0 Å². The van der Waals surface area contributed by atoms with Crippen molar-refractivity contribution in [1.29, 1.82) is 0 Å². The molecule has 2 fully saturated rings. The van der Waals surface area contributed by atoms with Gasteiger partial charge in [-0.15, -0.1) is 0 Å². The predicted octanol–water partition coefficient (Wildman–Crippen LogP) is 4.74. The molecule has 1 aromatic carbocycles. The van der Waals surface area contributed by atoms with Gasteiger partial charge >= 0.3 is 0 Å². The quantitative estimate of drug-likeness (QED) is 0.439. The van der Waals surface area contributed by atoms with Crippen LogP contribution in [0, 0.1) is 12.8 Å². The van der Waals surface area contributed by atoms with Gasteiger partial charge in [0.05, 0.1) is 30.3 Å². The molecule has 0 spiro atoms. The molecule has 1 aliphatic carbocycles. The summed E-state index contributed by atoms with van der Waals surface area (Å²) in [7, 11) is 0. The van der Waals surface area contributed by atoms with Gasteiger partial charge in [-0.1, -0.05) is 6.92 Å². The molecule has 2 aromatic heterocycles. The van der Waals surface area contributed by atoms with Gasteiger partial charge < -0.3 is 19.9 Å². The second-order valence-electron chi connectivity index (χ2n) is 9.96. The number of halogens is 3. The van der Waals surface area contributed by atoms with Gasteiger partial charge in [0.1, 0.15) is 29.5 Å². The van der Waals surface area contributed by atoms with E-state index in [0.29, 0.717) is 65.6 Å². The van der Waals surface area contributed by atoms with E-state index in [-0.39, 0.29) is 23.6 Å². The number of amides is 2. The van der Waals surface area contributed by atoms with Crippen LogP contribution in [0.1, 0.15) is 60.6 Å². The van der Waals surface area contributed by atoms with Crippen molar-refractivity contribution in [3.8, 4) is 17.0 Å². The third kappa shape index (κ3) is 5.19. The summed E-state index contributed by atoms with van der Waals surface area (Å²) in [5.41, 5.74) is 1.95. The van der Waals surface area contributed by atoms with E-state index in [4.69, 9.17) is 4.74 Å². The number of ether oxygens (including phenoxy) is 1. The number of rotatable bonds is 8. The molecule has 3 heterocycles. The second kappa shape index (κ2) is 10.6. The van der Waals surface area contributed by atoms with E-state index in [0.717, 1.165) is 12.8 Å². The van der Waals surface area contributed by atoms with Crippen LogP contribution in [0.3, 0.4) is 0 Å². The fourth-order valence-corrected chi connectivity index (χ4v) is 4.85. The van der Waals surface area contributed by atoms with E-state index in [1.54, 1.807) is 13.8 Å². The van der Waals surface area contributed by atoms with Crippen molar-refractivity contribution in [2.24, 2.45) is 5.92 Å². The number of hydrogen-bond acceptors (Lipinski definition) is 5. The number of piperidine rings is 1. The first-order chi connectivity index (χ1) is 18.3. The smallest absolute Gasteiger partial charge is 0.263 e. The summed E-state index contributed by atoms with van der Waals surface area (Å²) in [4.78, 5) is 38.5. The van der Waals surface area contributed by atoms with Crippen molar-refractivity contribution in [1.82, 2.24) is 25.2 Å². The van der Waals surface area contributed by atoms with Gasteiger partial charge in [-0.3, -0.25) is 9.59 Å². The molecular weight excluding hydrogens is 499 g/mol. The van der Waals surface area contributed by atoms with E-state index < -0.39 is 24.5 Å². The molecule has 0 bridgehead atoms. The average molecular weight is 530 g/mol. The van der Waals surface area contributed by atoms with Crippen LogP contribution in [0.4, 0.5) is 13.2 Å². The second-order valence-corrected chi connectivity index (χ2v) is 9.96. The Morgan fingerprint density at radius 2 is 2.03 bits per heavy atom. The molecule has 1 aliphatic heterocycles. The fourth-order valence-electron chi connectivity index (χ4n) is 4.85. The van der Waals surface area contributed by atoms with Gasteiger partial charge in [-0.25, -0.2) is 23.1 Å². The molecule has 2 aliphatic rings. The number of alkyl halides is 3. The molecule has 5 rings (SSSR count). The molecule has 2 N–H and O–H groups in total. The lowest BCUT2D eigenvalue weighted by molar-refractivity contribution is -0.133. The molecule has 3 aromatic rings. The summed E-state index contributed by atoms with van der Waals surface area (Å²) in [6.45, 7) is 4.20. The molecule has 202 valence electrons. The minimum absolute atomic E-state index is 0.0685.